The van der Waals surface area contributed by atoms with Crippen LogP contribution in [0.15, 0.2) is 83.3 Å². The first kappa shape index (κ1) is 27.5. The van der Waals surface area contributed by atoms with Crippen molar-refractivity contribution in [3.05, 3.63) is 100 Å². The van der Waals surface area contributed by atoms with E-state index in [4.69, 9.17) is 4.74 Å². The van der Waals surface area contributed by atoms with Crippen LogP contribution in [0.25, 0.3) is 11.1 Å². The summed E-state index contributed by atoms with van der Waals surface area (Å²) in [6.45, 7) is 2.12. The second-order valence-electron chi connectivity index (χ2n) is 8.99. The topological polar surface area (TPSA) is 32.7 Å². The molecule has 1 fully saturated rings. The van der Waals surface area contributed by atoms with Gasteiger partial charge in [-0.05, 0) is 97.8 Å². The second kappa shape index (κ2) is 13.8. The second-order valence-corrected chi connectivity index (χ2v) is 9.91. The third-order valence-electron chi connectivity index (χ3n) is 6.68. The van der Waals surface area contributed by atoms with Crippen LogP contribution in [0.1, 0.15) is 48.8 Å². The highest BCUT2D eigenvalue weighted by Crippen LogP contribution is 2.36. The van der Waals surface area contributed by atoms with Crippen molar-refractivity contribution in [3.63, 3.8) is 0 Å². The van der Waals surface area contributed by atoms with Gasteiger partial charge in [-0.2, -0.15) is 0 Å². The lowest BCUT2D eigenvalue weighted by Gasteiger charge is -2.20. The molecule has 1 N–H and O–H groups in total. The van der Waals surface area contributed by atoms with Crippen molar-refractivity contribution in [2.45, 2.75) is 38.1 Å². The first-order valence-corrected chi connectivity index (χ1v) is 13.0. The number of hydrogen-bond acceptors (Lipinski definition) is 3. The summed E-state index contributed by atoms with van der Waals surface area (Å²) in [5.74, 6) is 0.913. The van der Waals surface area contributed by atoms with Crippen molar-refractivity contribution < 1.29 is 9.84 Å². The highest BCUT2D eigenvalue weighted by Gasteiger charge is 2.20. The molecule has 4 rings (SSSR count). The lowest BCUT2D eigenvalue weighted by Crippen LogP contribution is -2.26. The number of rotatable bonds is 10. The van der Waals surface area contributed by atoms with Crippen molar-refractivity contribution in [3.8, 4) is 5.75 Å². The molecule has 0 amide bonds. The van der Waals surface area contributed by atoms with Gasteiger partial charge in [0.25, 0.3) is 0 Å². The smallest absolute Gasteiger partial charge is 0.119 e. The minimum absolute atomic E-state index is 0. The average Bonchev–Trinajstić information content (AvgIpc) is 3.28. The van der Waals surface area contributed by atoms with Crippen molar-refractivity contribution in [1.82, 2.24) is 4.90 Å². The molecule has 1 saturated heterocycles. The summed E-state index contributed by atoms with van der Waals surface area (Å²) >= 11 is 3.57. The summed E-state index contributed by atoms with van der Waals surface area (Å²) in [5.41, 5.74) is 5.95. The molecule has 1 aliphatic heterocycles. The molecule has 5 heteroatoms. The first-order chi connectivity index (χ1) is 16.7. The average molecular weight is 557 g/mol. The summed E-state index contributed by atoms with van der Waals surface area (Å²) in [7, 11) is 2.21. The van der Waals surface area contributed by atoms with Gasteiger partial charge in [0.15, 0.2) is 0 Å². The van der Waals surface area contributed by atoms with Gasteiger partial charge in [0.1, 0.15) is 5.75 Å². The van der Waals surface area contributed by atoms with Crippen molar-refractivity contribution in [1.29, 1.82) is 0 Å². The van der Waals surface area contributed by atoms with E-state index in [9.17, 15) is 5.11 Å². The number of allylic oxidation sites excluding steroid dienone is 1. The number of aliphatic hydroxyl groups excluding tert-OH is 1. The van der Waals surface area contributed by atoms with Gasteiger partial charge in [0.05, 0.1) is 6.61 Å². The molecule has 0 aliphatic carbocycles. The van der Waals surface area contributed by atoms with Gasteiger partial charge in [0.2, 0.25) is 0 Å². The van der Waals surface area contributed by atoms with Gasteiger partial charge in [-0.25, -0.2) is 0 Å². The largest absolute Gasteiger partial charge is 0.494 e. The van der Waals surface area contributed by atoms with Crippen molar-refractivity contribution in [2.75, 3.05) is 26.8 Å². The Bertz CT molecular complexity index is 1070. The van der Waals surface area contributed by atoms with E-state index in [1.165, 1.54) is 36.1 Å². The Morgan fingerprint density at radius 3 is 2.20 bits per heavy atom. The van der Waals surface area contributed by atoms with Gasteiger partial charge in [-0.1, -0.05) is 70.5 Å². The molecule has 1 aliphatic rings. The third kappa shape index (κ3) is 7.44. The van der Waals surface area contributed by atoms with E-state index in [1.807, 2.05) is 6.07 Å². The fraction of sp³-hybridized carbons (Fsp3) is 0.333. The molecular weight excluding hydrogens is 522 g/mol. The van der Waals surface area contributed by atoms with Crippen LogP contribution >= 0.6 is 28.3 Å². The number of likely N-dealkylation sites (tertiary alicyclic amines) is 1. The fourth-order valence-corrected chi connectivity index (χ4v) is 5.08. The Hall–Kier alpha value is -2.11. The van der Waals surface area contributed by atoms with Crippen LogP contribution in [-0.4, -0.2) is 42.9 Å². The zero-order valence-electron chi connectivity index (χ0n) is 20.3. The number of benzene rings is 3. The molecule has 0 bridgehead atoms. The standard InChI is InChI=1S/C30H34BrNO2.ClH/c1-32-20-5-9-27(32)19-22-34-28-17-13-25(14-18-28)30(24-11-15-26(31)16-12-24)29(10-6-21-33)23-7-3-2-4-8-23;/h2-4,7-8,11-18,27,33H,5-6,9-10,19-22H2,1H3;1H/b30-29-;. The molecular formula is C30H35BrClNO2. The highest BCUT2D eigenvalue weighted by atomic mass is 79.9. The van der Waals surface area contributed by atoms with Crippen LogP contribution < -0.4 is 4.74 Å². The summed E-state index contributed by atoms with van der Waals surface area (Å²) in [6.07, 6.45) is 5.17. The molecule has 3 nitrogen and oxygen atoms in total. The van der Waals surface area contributed by atoms with Crippen LogP contribution in [0.3, 0.4) is 0 Å². The molecule has 1 atom stereocenters. The maximum Gasteiger partial charge on any atom is 0.119 e. The quantitative estimate of drug-likeness (QED) is 0.263. The Morgan fingerprint density at radius 1 is 0.943 bits per heavy atom. The van der Waals surface area contributed by atoms with E-state index in [2.05, 4.69) is 101 Å². The van der Waals surface area contributed by atoms with Crippen LogP contribution in [0.4, 0.5) is 0 Å². The molecule has 3 aromatic carbocycles. The minimum atomic E-state index is 0. The van der Waals surface area contributed by atoms with Gasteiger partial charge in [-0.15, -0.1) is 12.4 Å². The highest BCUT2D eigenvalue weighted by molar-refractivity contribution is 9.10. The van der Waals surface area contributed by atoms with Gasteiger partial charge in [0, 0.05) is 17.1 Å². The molecule has 0 saturated carbocycles. The molecule has 35 heavy (non-hydrogen) atoms. The lowest BCUT2D eigenvalue weighted by atomic mass is 9.87. The van der Waals surface area contributed by atoms with Gasteiger partial charge >= 0.3 is 0 Å². The van der Waals surface area contributed by atoms with E-state index in [1.54, 1.807) is 0 Å². The van der Waals surface area contributed by atoms with E-state index >= 15 is 0 Å². The van der Waals surface area contributed by atoms with Crippen molar-refractivity contribution >= 4 is 39.5 Å². The monoisotopic (exact) mass is 555 g/mol. The molecule has 1 unspecified atom stereocenters. The van der Waals surface area contributed by atoms with E-state index in [0.29, 0.717) is 6.04 Å². The first-order valence-electron chi connectivity index (χ1n) is 12.2. The Labute approximate surface area is 224 Å². The van der Waals surface area contributed by atoms with E-state index < -0.39 is 0 Å². The fourth-order valence-electron chi connectivity index (χ4n) is 4.82. The molecule has 0 spiro atoms. The van der Waals surface area contributed by atoms with Crippen molar-refractivity contribution in [2.24, 2.45) is 0 Å². The van der Waals surface area contributed by atoms with Gasteiger partial charge in [-0.3, -0.25) is 0 Å². The number of aliphatic hydroxyl groups is 1. The summed E-state index contributed by atoms with van der Waals surface area (Å²) < 4.78 is 7.16. The predicted molar refractivity (Wildman–Crippen MR) is 152 cm³/mol. The number of nitrogens with zero attached hydrogens (tertiary/aromatic N) is 1. The Balaban J connectivity index is 0.00000342. The Morgan fingerprint density at radius 2 is 1.60 bits per heavy atom. The Kier molecular flexibility index (Phi) is 10.9. The zero-order valence-corrected chi connectivity index (χ0v) is 22.7. The maximum absolute atomic E-state index is 9.59. The van der Waals surface area contributed by atoms with Crippen LogP contribution in [-0.2, 0) is 0 Å². The molecule has 0 aromatic heterocycles. The van der Waals surface area contributed by atoms with E-state index in [-0.39, 0.29) is 19.0 Å². The summed E-state index contributed by atoms with van der Waals surface area (Å²) in [5, 5.41) is 9.59. The number of hydrogen-bond donors (Lipinski definition) is 1. The predicted octanol–water partition coefficient (Wildman–Crippen LogP) is 7.47. The minimum Gasteiger partial charge on any atom is -0.494 e. The maximum atomic E-state index is 9.59. The number of halogens is 2. The SMILES string of the molecule is CN1CCCC1CCOc1ccc(/C(=C(/CCCO)c2ccccc2)c2ccc(Br)cc2)cc1.Cl. The third-order valence-corrected chi connectivity index (χ3v) is 7.20. The normalized spacial score (nSPS) is 16.5. The van der Waals surface area contributed by atoms with Crippen LogP contribution in [0.5, 0.6) is 5.75 Å². The molecule has 0 radical (unpaired) electrons. The molecule has 186 valence electrons. The zero-order chi connectivity index (χ0) is 23.8. The number of ether oxygens (including phenoxy) is 1. The lowest BCUT2D eigenvalue weighted by molar-refractivity contribution is 0.233. The van der Waals surface area contributed by atoms with E-state index in [0.717, 1.165) is 47.2 Å². The van der Waals surface area contributed by atoms with Crippen LogP contribution in [0.2, 0.25) is 0 Å². The van der Waals surface area contributed by atoms with Crippen LogP contribution in [0, 0.1) is 0 Å². The van der Waals surface area contributed by atoms with Gasteiger partial charge < -0.3 is 14.7 Å². The summed E-state index contributed by atoms with van der Waals surface area (Å²) in [6, 6.07) is 28.1. The molecule has 3 aromatic rings. The molecule has 1 heterocycles. The summed E-state index contributed by atoms with van der Waals surface area (Å²) in [4.78, 5) is 2.44.